The molecule has 4 nitrogen and oxygen atoms in total. The van der Waals surface area contributed by atoms with E-state index in [0.29, 0.717) is 16.0 Å². The van der Waals surface area contributed by atoms with Crippen LogP contribution in [0.5, 0.6) is 0 Å². The highest BCUT2D eigenvalue weighted by Gasteiger charge is 2.17. The molecule has 0 bridgehead atoms. The van der Waals surface area contributed by atoms with E-state index < -0.39 is 0 Å². The van der Waals surface area contributed by atoms with E-state index in [2.05, 4.69) is 27.1 Å². The Kier molecular flexibility index (Phi) is 4.69. The molecule has 1 aromatic heterocycles. The Labute approximate surface area is 140 Å². The summed E-state index contributed by atoms with van der Waals surface area (Å²) in [6.07, 6.45) is 4.08. The van der Waals surface area contributed by atoms with Gasteiger partial charge in [-0.3, -0.25) is 0 Å². The largest absolute Gasteiger partial charge is 0.356 e. The standard InChI is InChI=1S/C16H18Cl2N4/c1-11-3-2-4-22(9-11)16-8-15(19-10-20-16)21-14-6-12(17)5-13(18)7-14/h5-8,10-11H,2-4,9H2,1H3,(H,19,20,21). The van der Waals surface area contributed by atoms with Crippen LogP contribution in [0, 0.1) is 5.92 Å². The van der Waals surface area contributed by atoms with Crippen molar-refractivity contribution in [2.45, 2.75) is 19.8 Å². The molecule has 0 amide bonds. The molecule has 0 spiro atoms. The normalized spacial score (nSPS) is 18.3. The van der Waals surface area contributed by atoms with Crippen LogP contribution in [0.3, 0.4) is 0 Å². The van der Waals surface area contributed by atoms with Gasteiger partial charge in [0, 0.05) is 34.9 Å². The average Bonchev–Trinajstić information content (AvgIpc) is 2.46. The second kappa shape index (κ2) is 6.71. The molecule has 1 unspecified atom stereocenters. The molecule has 0 radical (unpaired) electrons. The molecule has 1 aromatic carbocycles. The summed E-state index contributed by atoms with van der Waals surface area (Å²) in [6.45, 7) is 4.36. The highest BCUT2D eigenvalue weighted by molar-refractivity contribution is 6.35. The van der Waals surface area contributed by atoms with E-state index >= 15 is 0 Å². The number of rotatable bonds is 3. The lowest BCUT2D eigenvalue weighted by Gasteiger charge is -2.31. The predicted octanol–water partition coefficient (Wildman–Crippen LogP) is 4.76. The number of hydrogen-bond acceptors (Lipinski definition) is 4. The zero-order chi connectivity index (χ0) is 15.5. The number of halogens is 2. The summed E-state index contributed by atoms with van der Waals surface area (Å²) in [6, 6.07) is 7.30. The third-order valence-corrected chi connectivity index (χ3v) is 4.21. The molecule has 1 fully saturated rings. The lowest BCUT2D eigenvalue weighted by molar-refractivity contribution is 0.444. The molecular formula is C16H18Cl2N4. The second-order valence-corrected chi connectivity index (χ2v) is 6.61. The molecular weight excluding hydrogens is 319 g/mol. The van der Waals surface area contributed by atoms with E-state index in [4.69, 9.17) is 23.2 Å². The monoisotopic (exact) mass is 336 g/mol. The predicted molar refractivity (Wildman–Crippen MR) is 92.4 cm³/mol. The summed E-state index contributed by atoms with van der Waals surface area (Å²) < 4.78 is 0. The molecule has 0 saturated carbocycles. The number of aromatic nitrogens is 2. The molecule has 3 rings (SSSR count). The number of piperidine rings is 1. The lowest BCUT2D eigenvalue weighted by atomic mass is 10.0. The topological polar surface area (TPSA) is 41.0 Å². The Morgan fingerprint density at radius 3 is 2.64 bits per heavy atom. The van der Waals surface area contributed by atoms with E-state index in [1.807, 2.05) is 18.2 Å². The van der Waals surface area contributed by atoms with Crippen LogP contribution in [-0.2, 0) is 0 Å². The van der Waals surface area contributed by atoms with Gasteiger partial charge in [0.1, 0.15) is 18.0 Å². The number of nitrogens with zero attached hydrogens (tertiary/aromatic N) is 3. The maximum absolute atomic E-state index is 6.02. The minimum atomic E-state index is 0.592. The fraction of sp³-hybridized carbons (Fsp3) is 0.375. The number of hydrogen-bond donors (Lipinski definition) is 1. The van der Waals surface area contributed by atoms with E-state index in [1.165, 1.54) is 12.8 Å². The van der Waals surface area contributed by atoms with Crippen molar-refractivity contribution in [3.63, 3.8) is 0 Å². The Morgan fingerprint density at radius 1 is 1.14 bits per heavy atom. The van der Waals surface area contributed by atoms with Gasteiger partial charge in [-0.05, 0) is 37.0 Å². The first-order chi connectivity index (χ1) is 10.6. The maximum Gasteiger partial charge on any atom is 0.135 e. The van der Waals surface area contributed by atoms with Gasteiger partial charge in [-0.15, -0.1) is 0 Å². The Balaban J connectivity index is 1.78. The second-order valence-electron chi connectivity index (χ2n) is 5.74. The Hall–Kier alpha value is -1.52. The SMILES string of the molecule is CC1CCCN(c2cc(Nc3cc(Cl)cc(Cl)c3)ncn2)C1. The zero-order valence-electron chi connectivity index (χ0n) is 12.4. The molecule has 6 heteroatoms. The fourth-order valence-corrected chi connectivity index (χ4v) is 3.29. The van der Waals surface area contributed by atoms with Gasteiger partial charge in [-0.1, -0.05) is 30.1 Å². The Bertz CT molecular complexity index is 642. The number of benzene rings is 1. The van der Waals surface area contributed by atoms with Crippen molar-refractivity contribution < 1.29 is 0 Å². The molecule has 0 aliphatic carbocycles. The van der Waals surface area contributed by atoms with Crippen molar-refractivity contribution in [3.8, 4) is 0 Å². The number of anilines is 3. The minimum Gasteiger partial charge on any atom is -0.356 e. The van der Waals surface area contributed by atoms with Crippen LogP contribution in [-0.4, -0.2) is 23.1 Å². The van der Waals surface area contributed by atoms with Gasteiger partial charge in [0.05, 0.1) is 0 Å². The van der Waals surface area contributed by atoms with Gasteiger partial charge in [-0.25, -0.2) is 9.97 Å². The molecule has 1 aliphatic heterocycles. The van der Waals surface area contributed by atoms with Crippen molar-refractivity contribution in [1.82, 2.24) is 9.97 Å². The fourth-order valence-electron chi connectivity index (χ4n) is 2.76. The van der Waals surface area contributed by atoms with Crippen molar-refractivity contribution in [1.29, 1.82) is 0 Å². The molecule has 1 aliphatic rings. The van der Waals surface area contributed by atoms with Gasteiger partial charge in [-0.2, -0.15) is 0 Å². The van der Waals surface area contributed by atoms with E-state index in [-0.39, 0.29) is 0 Å². The van der Waals surface area contributed by atoms with Crippen LogP contribution < -0.4 is 10.2 Å². The van der Waals surface area contributed by atoms with E-state index in [0.717, 1.165) is 30.4 Å². The van der Waals surface area contributed by atoms with Crippen molar-refractivity contribution in [3.05, 3.63) is 40.6 Å². The van der Waals surface area contributed by atoms with Gasteiger partial charge in [0.2, 0.25) is 0 Å². The van der Waals surface area contributed by atoms with E-state index in [1.54, 1.807) is 12.4 Å². The summed E-state index contributed by atoms with van der Waals surface area (Å²) in [5, 5.41) is 4.41. The van der Waals surface area contributed by atoms with Gasteiger partial charge < -0.3 is 10.2 Å². The van der Waals surface area contributed by atoms with Crippen LogP contribution in [0.2, 0.25) is 10.0 Å². The van der Waals surface area contributed by atoms with Crippen LogP contribution >= 0.6 is 23.2 Å². The summed E-state index contributed by atoms with van der Waals surface area (Å²) >= 11 is 12.0. The summed E-state index contributed by atoms with van der Waals surface area (Å²) in [5.74, 6) is 2.39. The van der Waals surface area contributed by atoms with Gasteiger partial charge in [0.15, 0.2) is 0 Å². The zero-order valence-corrected chi connectivity index (χ0v) is 13.9. The molecule has 1 N–H and O–H groups in total. The maximum atomic E-state index is 6.02. The quantitative estimate of drug-likeness (QED) is 0.876. The molecule has 1 saturated heterocycles. The van der Waals surface area contributed by atoms with Crippen molar-refractivity contribution in [2.75, 3.05) is 23.3 Å². The van der Waals surface area contributed by atoms with Crippen LogP contribution in [0.1, 0.15) is 19.8 Å². The van der Waals surface area contributed by atoms with Gasteiger partial charge in [0.25, 0.3) is 0 Å². The van der Waals surface area contributed by atoms with E-state index in [9.17, 15) is 0 Å². The lowest BCUT2D eigenvalue weighted by Crippen LogP contribution is -2.34. The third-order valence-electron chi connectivity index (χ3n) is 3.77. The summed E-state index contributed by atoms with van der Waals surface area (Å²) in [4.78, 5) is 11.0. The minimum absolute atomic E-state index is 0.592. The summed E-state index contributed by atoms with van der Waals surface area (Å²) in [7, 11) is 0. The van der Waals surface area contributed by atoms with Crippen molar-refractivity contribution >= 4 is 40.5 Å². The molecule has 1 atom stereocenters. The average molecular weight is 337 g/mol. The smallest absolute Gasteiger partial charge is 0.135 e. The van der Waals surface area contributed by atoms with Crippen LogP contribution in [0.4, 0.5) is 17.3 Å². The highest BCUT2D eigenvalue weighted by atomic mass is 35.5. The molecule has 116 valence electrons. The van der Waals surface area contributed by atoms with Gasteiger partial charge >= 0.3 is 0 Å². The van der Waals surface area contributed by atoms with Crippen LogP contribution in [0.25, 0.3) is 0 Å². The number of nitrogens with one attached hydrogen (secondary N) is 1. The first-order valence-electron chi connectivity index (χ1n) is 7.40. The molecule has 22 heavy (non-hydrogen) atoms. The molecule has 2 aromatic rings. The third kappa shape index (κ3) is 3.81. The summed E-state index contributed by atoms with van der Waals surface area (Å²) in [5.41, 5.74) is 0.814. The first-order valence-corrected chi connectivity index (χ1v) is 8.16. The highest BCUT2D eigenvalue weighted by Crippen LogP contribution is 2.26. The molecule has 2 heterocycles. The van der Waals surface area contributed by atoms with Crippen molar-refractivity contribution in [2.24, 2.45) is 5.92 Å². The first kappa shape index (κ1) is 15.4. The van der Waals surface area contributed by atoms with Crippen LogP contribution in [0.15, 0.2) is 30.6 Å². The Morgan fingerprint density at radius 2 is 1.91 bits per heavy atom.